The van der Waals surface area contributed by atoms with E-state index in [2.05, 4.69) is 6.92 Å². The Labute approximate surface area is 170 Å². The van der Waals surface area contributed by atoms with Gasteiger partial charge >= 0.3 is 0 Å². The second-order valence-electron chi connectivity index (χ2n) is 6.73. The molecule has 0 bridgehead atoms. The number of hydrogen-bond acceptors (Lipinski definition) is 4. The van der Waals surface area contributed by atoms with Crippen molar-refractivity contribution in [1.29, 1.82) is 5.41 Å². The molecule has 2 unspecified atom stereocenters. The zero-order valence-electron chi connectivity index (χ0n) is 14.8. The zero-order chi connectivity index (χ0) is 18.0. The van der Waals surface area contributed by atoms with Crippen LogP contribution >= 0.6 is 35.8 Å². The Bertz CT molecular complexity index is 711. The number of carbonyl (C=O) groups excluding carboxylic acids is 2. The summed E-state index contributed by atoms with van der Waals surface area (Å²) in [5.74, 6) is 1.41. The molecule has 1 amide bonds. The molecule has 1 heterocycles. The van der Waals surface area contributed by atoms with Crippen LogP contribution in [0.1, 0.15) is 54.4 Å². The summed E-state index contributed by atoms with van der Waals surface area (Å²) in [6.45, 7) is 2.76. The van der Waals surface area contributed by atoms with Crippen LogP contribution in [-0.4, -0.2) is 46.4 Å². The molecule has 1 saturated heterocycles. The van der Waals surface area contributed by atoms with Crippen LogP contribution in [0.5, 0.6) is 0 Å². The van der Waals surface area contributed by atoms with E-state index in [-0.39, 0.29) is 36.6 Å². The average molecular weight is 415 g/mol. The predicted molar refractivity (Wildman–Crippen MR) is 110 cm³/mol. The summed E-state index contributed by atoms with van der Waals surface area (Å²) in [5.41, 5.74) is 2.11. The molecule has 1 aliphatic heterocycles. The number of amides is 1. The third-order valence-electron chi connectivity index (χ3n) is 4.92. The van der Waals surface area contributed by atoms with Crippen LogP contribution in [0.15, 0.2) is 18.2 Å². The van der Waals surface area contributed by atoms with Gasteiger partial charge in [0.1, 0.15) is 0 Å². The van der Waals surface area contributed by atoms with Gasteiger partial charge in [-0.3, -0.25) is 9.59 Å². The number of hydrogen-bond donors (Lipinski definition) is 1. The van der Waals surface area contributed by atoms with Gasteiger partial charge in [-0.1, -0.05) is 31.0 Å². The number of thioether (sulfide) groups is 1. The lowest BCUT2D eigenvalue weighted by Gasteiger charge is -2.37. The second kappa shape index (κ2) is 9.25. The Hall–Kier alpha value is -1.04. The molecule has 7 heteroatoms. The van der Waals surface area contributed by atoms with Crippen molar-refractivity contribution in [3.05, 3.63) is 34.3 Å². The van der Waals surface area contributed by atoms with Gasteiger partial charge in [0.25, 0.3) is 0 Å². The van der Waals surface area contributed by atoms with Crippen molar-refractivity contribution in [1.82, 2.24) is 4.90 Å². The van der Waals surface area contributed by atoms with Crippen LogP contribution in [0.3, 0.4) is 0 Å². The highest BCUT2D eigenvalue weighted by Crippen LogP contribution is 2.37. The minimum absolute atomic E-state index is 0. The van der Waals surface area contributed by atoms with Crippen LogP contribution in [0, 0.1) is 5.41 Å². The third-order valence-corrected chi connectivity index (χ3v) is 6.25. The number of benzene rings is 1. The van der Waals surface area contributed by atoms with Gasteiger partial charge in [-0.25, -0.2) is 0 Å². The molecule has 2 aliphatic rings. The van der Waals surface area contributed by atoms with Crippen LogP contribution in [-0.2, 0) is 4.79 Å². The summed E-state index contributed by atoms with van der Waals surface area (Å²) >= 11 is 7.84. The van der Waals surface area contributed by atoms with Crippen molar-refractivity contribution in [3.8, 4) is 0 Å². The first-order valence-corrected chi connectivity index (χ1v) is 10.3. The largest absolute Gasteiger partial charge is 0.337 e. The lowest BCUT2D eigenvalue weighted by molar-refractivity contribution is -0.134. The highest BCUT2D eigenvalue weighted by molar-refractivity contribution is 7.99. The monoisotopic (exact) mass is 414 g/mol. The molecule has 0 spiro atoms. The molecule has 1 aromatic rings. The Morgan fingerprint density at radius 2 is 2.19 bits per heavy atom. The van der Waals surface area contributed by atoms with E-state index >= 15 is 0 Å². The lowest BCUT2D eigenvalue weighted by atomic mass is 9.97. The van der Waals surface area contributed by atoms with Gasteiger partial charge in [0.2, 0.25) is 5.91 Å². The molecule has 1 aromatic carbocycles. The summed E-state index contributed by atoms with van der Waals surface area (Å²) in [6, 6.07) is 5.31. The van der Waals surface area contributed by atoms with Gasteiger partial charge in [0.05, 0.1) is 5.92 Å². The summed E-state index contributed by atoms with van der Waals surface area (Å²) < 4.78 is 0. The Morgan fingerprint density at radius 1 is 1.42 bits per heavy atom. The first kappa shape index (κ1) is 21.3. The molecule has 1 N–H and O–H groups in total. The summed E-state index contributed by atoms with van der Waals surface area (Å²) in [5, 5.41) is 8.65. The molecule has 3 rings (SSSR count). The van der Waals surface area contributed by atoms with Crippen molar-refractivity contribution >= 4 is 53.2 Å². The van der Waals surface area contributed by atoms with Crippen LogP contribution in [0.4, 0.5) is 0 Å². The Kier molecular flexibility index (Phi) is 7.56. The summed E-state index contributed by atoms with van der Waals surface area (Å²) in [6.07, 6.45) is 2.61. The molecule has 2 atom stereocenters. The number of nitrogens with one attached hydrogen (secondary N) is 1. The smallest absolute Gasteiger partial charge is 0.230 e. The van der Waals surface area contributed by atoms with E-state index in [1.165, 1.54) is 0 Å². The highest BCUT2D eigenvalue weighted by atomic mass is 35.5. The highest BCUT2D eigenvalue weighted by Gasteiger charge is 2.39. The number of carbonyl (C=O) groups is 2. The molecule has 1 fully saturated rings. The maximum atomic E-state index is 13.2. The predicted octanol–water partition coefficient (Wildman–Crippen LogP) is 4.59. The van der Waals surface area contributed by atoms with E-state index in [1.54, 1.807) is 12.1 Å². The Morgan fingerprint density at radius 3 is 2.92 bits per heavy atom. The van der Waals surface area contributed by atoms with Gasteiger partial charge in [-0.2, -0.15) is 11.8 Å². The minimum Gasteiger partial charge on any atom is -0.337 e. The molecular weight excluding hydrogens is 391 g/mol. The molecular formula is C19H24Cl2N2O2S. The first-order chi connectivity index (χ1) is 12.0. The van der Waals surface area contributed by atoms with Crippen molar-refractivity contribution < 1.29 is 9.59 Å². The van der Waals surface area contributed by atoms with Crippen molar-refractivity contribution in [2.45, 2.75) is 44.6 Å². The first-order valence-electron chi connectivity index (χ1n) is 8.78. The van der Waals surface area contributed by atoms with Gasteiger partial charge in [-0.15, -0.1) is 12.4 Å². The normalized spacial score (nSPS) is 21.9. The van der Waals surface area contributed by atoms with Crippen LogP contribution in [0.25, 0.3) is 0 Å². The summed E-state index contributed by atoms with van der Waals surface area (Å²) in [4.78, 5) is 27.4. The number of nitrogens with zero attached hydrogens (tertiary/aromatic N) is 1. The maximum absolute atomic E-state index is 13.2. The number of halogens is 2. The molecule has 142 valence electrons. The van der Waals surface area contributed by atoms with E-state index in [9.17, 15) is 9.59 Å². The zero-order valence-corrected chi connectivity index (χ0v) is 17.2. The van der Waals surface area contributed by atoms with E-state index in [0.29, 0.717) is 29.3 Å². The Balaban J connectivity index is 0.00000243. The van der Waals surface area contributed by atoms with E-state index < -0.39 is 5.92 Å². The van der Waals surface area contributed by atoms with Crippen LogP contribution < -0.4 is 0 Å². The third kappa shape index (κ3) is 4.44. The molecule has 1 aliphatic carbocycles. The fourth-order valence-corrected chi connectivity index (χ4v) is 4.94. The van der Waals surface area contributed by atoms with Crippen molar-refractivity contribution in [3.63, 3.8) is 0 Å². The fourth-order valence-electron chi connectivity index (χ4n) is 3.70. The standard InChI is InChI=1S/C19H23ClN2O2S.ClH/c1-2-3-13(21)9-14-11-25-7-6-22(14)19(24)17-10-18(23)16-8-12(20)4-5-15(16)17;/h4-5,8,14,17,21H,2-3,6-7,9-11H2,1H3;1H. The number of Topliss-reactive ketones (excluding diaryl/α,β-unsaturated/α-hetero) is 1. The minimum atomic E-state index is -0.397. The van der Waals surface area contributed by atoms with Gasteiger partial charge in [-0.05, 0) is 24.1 Å². The van der Waals surface area contributed by atoms with E-state index in [4.69, 9.17) is 17.0 Å². The molecule has 0 aromatic heterocycles. The van der Waals surface area contributed by atoms with Gasteiger partial charge < -0.3 is 10.3 Å². The maximum Gasteiger partial charge on any atom is 0.230 e. The molecule has 0 saturated carbocycles. The van der Waals surface area contributed by atoms with Gasteiger partial charge in [0, 0.05) is 53.2 Å². The SMILES string of the molecule is CCCC(=N)CC1CSCCN1C(=O)C1CC(=O)c2cc(Cl)ccc21.Cl. The number of ketones is 1. The lowest BCUT2D eigenvalue weighted by Crippen LogP contribution is -2.48. The van der Waals surface area contributed by atoms with Crippen LogP contribution in [0.2, 0.25) is 5.02 Å². The number of rotatable bonds is 5. The molecule has 0 radical (unpaired) electrons. The topological polar surface area (TPSA) is 61.2 Å². The number of fused-ring (bicyclic) bond motifs is 1. The van der Waals surface area contributed by atoms with Crippen molar-refractivity contribution in [2.24, 2.45) is 0 Å². The van der Waals surface area contributed by atoms with Crippen molar-refractivity contribution in [2.75, 3.05) is 18.1 Å². The second-order valence-corrected chi connectivity index (χ2v) is 8.32. The average Bonchev–Trinajstić information content (AvgIpc) is 2.91. The molecule has 26 heavy (non-hydrogen) atoms. The van der Waals surface area contributed by atoms with E-state index in [1.807, 2.05) is 22.7 Å². The van der Waals surface area contributed by atoms with E-state index in [0.717, 1.165) is 29.9 Å². The fraction of sp³-hybridized carbons (Fsp3) is 0.526. The quantitative estimate of drug-likeness (QED) is 0.716. The molecule has 4 nitrogen and oxygen atoms in total. The summed E-state index contributed by atoms with van der Waals surface area (Å²) in [7, 11) is 0. The van der Waals surface area contributed by atoms with Gasteiger partial charge in [0.15, 0.2) is 5.78 Å².